The summed E-state index contributed by atoms with van der Waals surface area (Å²) in [5.74, 6) is 3.41. The van der Waals surface area contributed by atoms with Gasteiger partial charge in [0.15, 0.2) is 0 Å². The second-order valence-corrected chi connectivity index (χ2v) is 4.44. The van der Waals surface area contributed by atoms with Crippen LogP contribution in [0.2, 0.25) is 0 Å². The van der Waals surface area contributed by atoms with Gasteiger partial charge in [-0.15, -0.1) is 10.2 Å². The van der Waals surface area contributed by atoms with Crippen molar-refractivity contribution in [2.24, 2.45) is 11.7 Å². The Bertz CT molecular complexity index is 331. The van der Waals surface area contributed by atoms with Crippen LogP contribution in [0.1, 0.15) is 50.7 Å². The van der Waals surface area contributed by atoms with Crippen LogP contribution in [-0.2, 0) is 13.1 Å². The van der Waals surface area contributed by atoms with Gasteiger partial charge in [-0.3, -0.25) is 0 Å². The average Bonchev–Trinajstić information content (AvgIpc) is 2.82. The lowest BCUT2D eigenvalue weighted by Gasteiger charge is -2.15. The monoisotopic (exact) mass is 208 g/mol. The summed E-state index contributed by atoms with van der Waals surface area (Å²) >= 11 is 0. The molecule has 1 aromatic heterocycles. The van der Waals surface area contributed by atoms with E-state index in [1.807, 2.05) is 0 Å². The van der Waals surface area contributed by atoms with Crippen LogP contribution in [0, 0.1) is 5.92 Å². The molecule has 1 fully saturated rings. The van der Waals surface area contributed by atoms with E-state index in [4.69, 9.17) is 5.73 Å². The molecular formula is C11H20N4. The Morgan fingerprint density at radius 1 is 1.40 bits per heavy atom. The Labute approximate surface area is 90.9 Å². The number of hydrogen-bond acceptors (Lipinski definition) is 3. The summed E-state index contributed by atoms with van der Waals surface area (Å²) in [5, 5.41) is 8.50. The van der Waals surface area contributed by atoms with Gasteiger partial charge in [0.25, 0.3) is 0 Å². The second-order valence-electron chi connectivity index (χ2n) is 4.44. The summed E-state index contributed by atoms with van der Waals surface area (Å²) in [6, 6.07) is 0. The molecule has 4 nitrogen and oxygen atoms in total. The molecule has 2 N–H and O–H groups in total. The summed E-state index contributed by atoms with van der Waals surface area (Å²) in [7, 11) is 0. The maximum absolute atomic E-state index is 5.65. The minimum absolute atomic E-state index is 0.488. The molecule has 1 aliphatic carbocycles. The van der Waals surface area contributed by atoms with Crippen LogP contribution in [0.4, 0.5) is 0 Å². The number of nitrogens with zero attached hydrogens (tertiary/aromatic N) is 3. The van der Waals surface area contributed by atoms with Crippen LogP contribution >= 0.6 is 0 Å². The fourth-order valence-corrected chi connectivity index (χ4v) is 2.65. The number of aromatic nitrogens is 3. The largest absolute Gasteiger partial charge is 0.324 e. The van der Waals surface area contributed by atoms with Crippen molar-refractivity contribution in [1.82, 2.24) is 14.8 Å². The lowest BCUT2D eigenvalue weighted by atomic mass is 9.97. The quantitative estimate of drug-likeness (QED) is 0.822. The molecule has 0 aromatic carbocycles. The van der Waals surface area contributed by atoms with E-state index in [2.05, 4.69) is 28.6 Å². The van der Waals surface area contributed by atoms with Gasteiger partial charge in [-0.25, -0.2) is 0 Å². The zero-order valence-electron chi connectivity index (χ0n) is 9.61. The molecule has 0 amide bonds. The Hall–Kier alpha value is -0.900. The Morgan fingerprint density at radius 3 is 2.73 bits per heavy atom. The maximum Gasteiger partial charge on any atom is 0.146 e. The molecule has 0 aliphatic heterocycles. The van der Waals surface area contributed by atoms with E-state index >= 15 is 0 Å². The summed E-state index contributed by atoms with van der Waals surface area (Å²) < 4.78 is 2.19. The van der Waals surface area contributed by atoms with Crippen molar-refractivity contribution >= 4 is 0 Å². The van der Waals surface area contributed by atoms with E-state index in [0.29, 0.717) is 12.5 Å². The van der Waals surface area contributed by atoms with Crippen LogP contribution in [0.15, 0.2) is 0 Å². The second kappa shape index (κ2) is 4.31. The Kier molecular flexibility index (Phi) is 3.05. The highest BCUT2D eigenvalue weighted by molar-refractivity contribution is 5.05. The summed E-state index contributed by atoms with van der Waals surface area (Å²) in [6.45, 7) is 5.86. The molecule has 1 heterocycles. The van der Waals surface area contributed by atoms with Gasteiger partial charge in [-0.05, 0) is 25.7 Å². The van der Waals surface area contributed by atoms with E-state index in [1.54, 1.807) is 0 Å². The molecule has 1 aliphatic rings. The van der Waals surface area contributed by atoms with Gasteiger partial charge in [0.05, 0.1) is 6.54 Å². The zero-order valence-corrected chi connectivity index (χ0v) is 9.61. The van der Waals surface area contributed by atoms with Crippen LogP contribution in [0.5, 0.6) is 0 Å². The van der Waals surface area contributed by atoms with Gasteiger partial charge < -0.3 is 10.3 Å². The molecule has 1 saturated carbocycles. The lowest BCUT2D eigenvalue weighted by molar-refractivity contribution is 0.483. The van der Waals surface area contributed by atoms with Crippen LogP contribution in [0.25, 0.3) is 0 Å². The fraction of sp³-hybridized carbons (Fsp3) is 0.818. The van der Waals surface area contributed by atoms with Crippen molar-refractivity contribution in [2.75, 3.05) is 0 Å². The third-order valence-corrected chi connectivity index (χ3v) is 3.55. The maximum atomic E-state index is 5.65. The van der Waals surface area contributed by atoms with Crippen LogP contribution in [0.3, 0.4) is 0 Å². The highest BCUT2D eigenvalue weighted by Gasteiger charge is 2.29. The highest BCUT2D eigenvalue weighted by Crippen LogP contribution is 2.38. The molecule has 84 valence electrons. The van der Waals surface area contributed by atoms with E-state index in [1.165, 1.54) is 19.3 Å². The van der Waals surface area contributed by atoms with Crippen molar-refractivity contribution in [3.05, 3.63) is 11.6 Å². The first kappa shape index (κ1) is 10.6. The smallest absolute Gasteiger partial charge is 0.146 e. The number of rotatable bonds is 3. The van der Waals surface area contributed by atoms with Crippen molar-refractivity contribution in [3.63, 3.8) is 0 Å². The minimum atomic E-state index is 0.488. The summed E-state index contributed by atoms with van der Waals surface area (Å²) in [6.07, 6.45) is 3.89. The molecule has 4 heteroatoms. The third-order valence-electron chi connectivity index (χ3n) is 3.55. The van der Waals surface area contributed by atoms with Crippen LogP contribution in [-0.4, -0.2) is 14.8 Å². The molecule has 0 radical (unpaired) electrons. The van der Waals surface area contributed by atoms with Gasteiger partial charge in [0, 0.05) is 12.5 Å². The lowest BCUT2D eigenvalue weighted by Crippen LogP contribution is -2.14. The number of nitrogens with two attached hydrogens (primary N) is 1. The van der Waals surface area contributed by atoms with Gasteiger partial charge in [-0.1, -0.05) is 13.3 Å². The van der Waals surface area contributed by atoms with E-state index in [-0.39, 0.29) is 0 Å². The van der Waals surface area contributed by atoms with Gasteiger partial charge in [0.1, 0.15) is 11.6 Å². The molecule has 1 aromatic rings. The fourth-order valence-electron chi connectivity index (χ4n) is 2.65. The Morgan fingerprint density at radius 2 is 2.20 bits per heavy atom. The average molecular weight is 208 g/mol. The minimum Gasteiger partial charge on any atom is -0.324 e. The van der Waals surface area contributed by atoms with Crippen LogP contribution < -0.4 is 5.73 Å². The first-order chi connectivity index (χ1) is 7.27. The standard InChI is InChI=1S/C11H20N4/c1-3-15-10(7-12)13-14-11(15)9-6-4-5-8(9)2/h8-9H,3-7,12H2,1-2H3. The summed E-state index contributed by atoms with van der Waals surface area (Å²) in [5.41, 5.74) is 5.65. The summed E-state index contributed by atoms with van der Waals surface area (Å²) in [4.78, 5) is 0. The van der Waals surface area contributed by atoms with Crippen molar-refractivity contribution in [3.8, 4) is 0 Å². The predicted octanol–water partition coefficient (Wildman–Crippen LogP) is 1.66. The van der Waals surface area contributed by atoms with E-state index < -0.39 is 0 Å². The molecular weight excluding hydrogens is 188 g/mol. The topological polar surface area (TPSA) is 56.7 Å². The first-order valence-electron chi connectivity index (χ1n) is 5.90. The van der Waals surface area contributed by atoms with Gasteiger partial charge in [0.2, 0.25) is 0 Å². The van der Waals surface area contributed by atoms with Crippen molar-refractivity contribution in [2.45, 2.75) is 52.1 Å². The third kappa shape index (κ3) is 1.78. The van der Waals surface area contributed by atoms with Crippen molar-refractivity contribution in [1.29, 1.82) is 0 Å². The van der Waals surface area contributed by atoms with Gasteiger partial charge >= 0.3 is 0 Å². The number of hydrogen-bond donors (Lipinski definition) is 1. The Balaban J connectivity index is 2.30. The molecule has 2 atom stereocenters. The molecule has 2 rings (SSSR count). The SMILES string of the molecule is CCn1c(CN)nnc1C1CCCC1C. The molecule has 0 bridgehead atoms. The van der Waals surface area contributed by atoms with E-state index in [0.717, 1.165) is 24.1 Å². The first-order valence-corrected chi connectivity index (χ1v) is 5.90. The molecule has 2 unspecified atom stereocenters. The molecule has 15 heavy (non-hydrogen) atoms. The van der Waals surface area contributed by atoms with Gasteiger partial charge in [-0.2, -0.15) is 0 Å². The van der Waals surface area contributed by atoms with E-state index in [9.17, 15) is 0 Å². The highest BCUT2D eigenvalue weighted by atomic mass is 15.3. The normalized spacial score (nSPS) is 26.1. The predicted molar refractivity (Wildman–Crippen MR) is 59.3 cm³/mol. The molecule has 0 saturated heterocycles. The van der Waals surface area contributed by atoms with Crippen molar-refractivity contribution < 1.29 is 0 Å². The molecule has 0 spiro atoms. The zero-order chi connectivity index (χ0) is 10.8.